The lowest BCUT2D eigenvalue weighted by Gasteiger charge is -2.20. The van der Waals surface area contributed by atoms with Crippen molar-refractivity contribution in [3.8, 4) is 0 Å². The zero-order valence-corrected chi connectivity index (χ0v) is 12.6. The summed E-state index contributed by atoms with van der Waals surface area (Å²) in [5.74, 6) is -0.486. The summed E-state index contributed by atoms with van der Waals surface area (Å²) in [5, 5.41) is 0.774. The Morgan fingerprint density at radius 1 is 0.955 bits per heavy atom. The number of para-hydroxylation sites is 1. The van der Waals surface area contributed by atoms with E-state index in [1.807, 2.05) is 31.2 Å². The van der Waals surface area contributed by atoms with Gasteiger partial charge in [-0.1, -0.05) is 24.3 Å². The number of hydrogen-bond acceptors (Lipinski definition) is 4. The van der Waals surface area contributed by atoms with Crippen LogP contribution in [0.15, 0.2) is 48.5 Å². The first-order chi connectivity index (χ1) is 10.7. The summed E-state index contributed by atoms with van der Waals surface area (Å²) in [6.45, 7) is 1.85. The van der Waals surface area contributed by atoms with Crippen molar-refractivity contribution < 1.29 is 9.59 Å². The van der Waals surface area contributed by atoms with Gasteiger partial charge in [0.1, 0.15) is 5.01 Å². The minimum atomic E-state index is -0.371. The van der Waals surface area contributed by atoms with Gasteiger partial charge in [0.2, 0.25) is 0 Å². The number of imide groups is 1. The molecule has 0 spiro atoms. The van der Waals surface area contributed by atoms with Crippen molar-refractivity contribution in [2.45, 2.75) is 13.0 Å². The van der Waals surface area contributed by atoms with Gasteiger partial charge in [0.05, 0.1) is 27.4 Å². The largest absolute Gasteiger partial charge is 0.269 e. The number of fused-ring (bicyclic) bond motifs is 2. The van der Waals surface area contributed by atoms with E-state index in [1.165, 1.54) is 16.2 Å². The van der Waals surface area contributed by atoms with E-state index in [4.69, 9.17) is 0 Å². The van der Waals surface area contributed by atoms with Gasteiger partial charge >= 0.3 is 0 Å². The molecule has 0 saturated carbocycles. The maximum absolute atomic E-state index is 12.5. The fourth-order valence-electron chi connectivity index (χ4n) is 2.74. The van der Waals surface area contributed by atoms with E-state index >= 15 is 0 Å². The van der Waals surface area contributed by atoms with Gasteiger partial charge in [-0.3, -0.25) is 14.5 Å². The average Bonchev–Trinajstić information content (AvgIpc) is 3.08. The number of thiazole rings is 1. The number of benzene rings is 2. The number of hydrogen-bond donors (Lipinski definition) is 0. The fraction of sp³-hybridized carbons (Fsp3) is 0.118. The lowest BCUT2D eigenvalue weighted by Crippen LogP contribution is -2.32. The van der Waals surface area contributed by atoms with Crippen LogP contribution in [0.2, 0.25) is 0 Å². The molecule has 4 rings (SSSR count). The van der Waals surface area contributed by atoms with Gasteiger partial charge in [0.15, 0.2) is 0 Å². The third-order valence-electron chi connectivity index (χ3n) is 3.88. The van der Waals surface area contributed by atoms with E-state index in [1.54, 1.807) is 24.3 Å². The van der Waals surface area contributed by atoms with Crippen LogP contribution >= 0.6 is 11.3 Å². The SMILES string of the molecule is C[C@H](c1nc2ccccc2s1)N1C(=O)c2ccccc2C1=O. The Labute approximate surface area is 131 Å². The van der Waals surface area contributed by atoms with Crippen molar-refractivity contribution in [3.63, 3.8) is 0 Å². The van der Waals surface area contributed by atoms with Crippen molar-refractivity contribution in [1.82, 2.24) is 9.88 Å². The molecule has 1 aromatic heterocycles. The second-order valence-corrected chi connectivity index (χ2v) is 6.28. The molecule has 108 valence electrons. The number of nitrogens with zero attached hydrogens (tertiary/aromatic N) is 2. The van der Waals surface area contributed by atoms with Crippen LogP contribution in [0.3, 0.4) is 0 Å². The molecule has 5 heteroatoms. The molecule has 0 saturated heterocycles. The normalized spacial score (nSPS) is 15.4. The molecule has 1 aliphatic heterocycles. The van der Waals surface area contributed by atoms with E-state index in [2.05, 4.69) is 4.98 Å². The molecule has 0 aliphatic carbocycles. The van der Waals surface area contributed by atoms with E-state index in [9.17, 15) is 9.59 Å². The van der Waals surface area contributed by atoms with Crippen LogP contribution < -0.4 is 0 Å². The molecule has 2 heterocycles. The highest BCUT2D eigenvalue weighted by molar-refractivity contribution is 7.18. The third-order valence-corrected chi connectivity index (χ3v) is 5.09. The molecule has 0 bridgehead atoms. The molecule has 22 heavy (non-hydrogen) atoms. The lowest BCUT2D eigenvalue weighted by molar-refractivity contribution is 0.0595. The molecule has 1 aliphatic rings. The first kappa shape index (κ1) is 13.2. The Balaban J connectivity index is 1.76. The van der Waals surface area contributed by atoms with Crippen LogP contribution in [0, 0.1) is 0 Å². The van der Waals surface area contributed by atoms with Crippen LogP contribution in [0.1, 0.15) is 38.7 Å². The van der Waals surface area contributed by atoms with Gasteiger partial charge in [-0.05, 0) is 31.2 Å². The van der Waals surface area contributed by atoms with Crippen LogP contribution in [0.25, 0.3) is 10.2 Å². The molecule has 0 unspecified atom stereocenters. The van der Waals surface area contributed by atoms with Crippen molar-refractivity contribution in [2.75, 3.05) is 0 Å². The van der Waals surface area contributed by atoms with Gasteiger partial charge < -0.3 is 0 Å². The predicted octanol–water partition coefficient (Wildman–Crippen LogP) is 3.65. The quantitative estimate of drug-likeness (QED) is 0.679. The van der Waals surface area contributed by atoms with E-state index in [0.29, 0.717) is 11.1 Å². The second kappa shape index (κ2) is 4.74. The maximum atomic E-state index is 12.5. The van der Waals surface area contributed by atoms with Gasteiger partial charge in [0.25, 0.3) is 11.8 Å². The maximum Gasteiger partial charge on any atom is 0.262 e. The van der Waals surface area contributed by atoms with Crippen molar-refractivity contribution in [3.05, 3.63) is 64.7 Å². The molecule has 4 nitrogen and oxygen atoms in total. The first-order valence-electron chi connectivity index (χ1n) is 6.99. The molecule has 1 atom stereocenters. The molecule has 0 radical (unpaired) electrons. The molecular formula is C17H12N2O2S. The molecule has 2 amide bonds. The Kier molecular flexibility index (Phi) is 2.84. The lowest BCUT2D eigenvalue weighted by atomic mass is 10.1. The van der Waals surface area contributed by atoms with Crippen LogP contribution in [-0.4, -0.2) is 21.7 Å². The van der Waals surface area contributed by atoms with Crippen LogP contribution in [0.5, 0.6) is 0 Å². The number of aromatic nitrogens is 1. The third kappa shape index (κ3) is 1.79. The molecular weight excluding hydrogens is 296 g/mol. The van der Waals surface area contributed by atoms with Crippen molar-refractivity contribution in [1.29, 1.82) is 0 Å². The molecule has 3 aromatic rings. The predicted molar refractivity (Wildman–Crippen MR) is 85.0 cm³/mol. The summed E-state index contributed by atoms with van der Waals surface area (Å²) in [6, 6.07) is 14.4. The average molecular weight is 308 g/mol. The summed E-state index contributed by atoms with van der Waals surface area (Å²) < 4.78 is 1.06. The number of rotatable bonds is 2. The van der Waals surface area contributed by atoms with E-state index in [-0.39, 0.29) is 17.9 Å². The second-order valence-electron chi connectivity index (χ2n) is 5.22. The van der Waals surface area contributed by atoms with Crippen LogP contribution in [0.4, 0.5) is 0 Å². The van der Waals surface area contributed by atoms with Gasteiger partial charge in [-0.25, -0.2) is 4.98 Å². The van der Waals surface area contributed by atoms with Crippen LogP contribution in [-0.2, 0) is 0 Å². The number of carbonyl (C=O) groups is 2. The number of carbonyl (C=O) groups excluding carboxylic acids is 2. The summed E-state index contributed by atoms with van der Waals surface area (Å²) in [7, 11) is 0. The van der Waals surface area contributed by atoms with E-state index < -0.39 is 0 Å². The Morgan fingerprint density at radius 2 is 1.55 bits per heavy atom. The van der Waals surface area contributed by atoms with E-state index in [0.717, 1.165) is 15.2 Å². The van der Waals surface area contributed by atoms with Crippen molar-refractivity contribution in [2.24, 2.45) is 0 Å². The Morgan fingerprint density at radius 3 is 2.18 bits per heavy atom. The van der Waals surface area contributed by atoms with Gasteiger partial charge in [-0.15, -0.1) is 11.3 Å². The summed E-state index contributed by atoms with van der Waals surface area (Å²) in [6.07, 6.45) is 0. The highest BCUT2D eigenvalue weighted by atomic mass is 32.1. The molecule has 0 N–H and O–H groups in total. The fourth-order valence-corrected chi connectivity index (χ4v) is 3.75. The summed E-state index contributed by atoms with van der Waals surface area (Å²) >= 11 is 1.52. The topological polar surface area (TPSA) is 50.3 Å². The number of amides is 2. The first-order valence-corrected chi connectivity index (χ1v) is 7.81. The summed E-state index contributed by atoms with van der Waals surface area (Å²) in [4.78, 5) is 30.9. The minimum Gasteiger partial charge on any atom is -0.269 e. The zero-order chi connectivity index (χ0) is 15.3. The molecule has 0 fully saturated rings. The monoisotopic (exact) mass is 308 g/mol. The standard InChI is InChI=1S/C17H12N2O2S/c1-10(15-18-13-8-4-5-9-14(13)22-15)19-16(20)11-6-2-3-7-12(11)17(19)21/h2-10H,1H3/t10-/m1/s1. The molecule has 2 aromatic carbocycles. The summed E-state index contributed by atoms with van der Waals surface area (Å²) in [5.41, 5.74) is 1.84. The van der Waals surface area contributed by atoms with Gasteiger partial charge in [-0.2, -0.15) is 0 Å². The Bertz CT molecular complexity index is 848. The zero-order valence-electron chi connectivity index (χ0n) is 11.8. The highest BCUT2D eigenvalue weighted by Crippen LogP contribution is 2.34. The highest BCUT2D eigenvalue weighted by Gasteiger charge is 2.39. The van der Waals surface area contributed by atoms with Crippen molar-refractivity contribution >= 4 is 33.4 Å². The van der Waals surface area contributed by atoms with Gasteiger partial charge in [0, 0.05) is 0 Å². The Hall–Kier alpha value is -2.53. The minimum absolute atomic E-state index is 0.243. The smallest absolute Gasteiger partial charge is 0.262 e.